The molecule has 0 aliphatic rings. The van der Waals surface area contributed by atoms with Crippen molar-refractivity contribution in [2.45, 2.75) is 26.4 Å². The molecule has 0 saturated heterocycles. The molecule has 0 aliphatic carbocycles. The highest BCUT2D eigenvalue weighted by atomic mass is 35.5. The van der Waals surface area contributed by atoms with Crippen LogP contribution >= 0.6 is 11.6 Å². The predicted octanol–water partition coefficient (Wildman–Crippen LogP) is 3.52. The largest absolute Gasteiger partial charge is 0.335 e. The number of carbonyl (C=O) groups is 2. The van der Waals surface area contributed by atoms with Gasteiger partial charge in [0.1, 0.15) is 0 Å². The lowest BCUT2D eigenvalue weighted by atomic mass is 10.1. The van der Waals surface area contributed by atoms with Crippen LogP contribution in [0.25, 0.3) is 0 Å². The van der Waals surface area contributed by atoms with E-state index in [0.717, 1.165) is 5.56 Å². The van der Waals surface area contributed by atoms with E-state index in [2.05, 4.69) is 11.4 Å². The topological polar surface area (TPSA) is 76.4 Å². The second kappa shape index (κ2) is 10.6. The zero-order chi connectivity index (χ0) is 21.4. The number of rotatable bonds is 8. The normalized spacial score (nSPS) is 10.7. The number of anilines is 1. The Bertz CT molecular complexity index is 890. The molecule has 0 bridgehead atoms. The molecule has 1 N–H and O–H groups in total. The smallest absolute Gasteiger partial charge is 0.244 e. The van der Waals surface area contributed by atoms with Crippen LogP contribution in [0.15, 0.2) is 48.5 Å². The minimum absolute atomic E-state index is 0.0626. The molecule has 2 rings (SSSR count). The fraction of sp³-hybridized carbons (Fsp3) is 0.318. The van der Waals surface area contributed by atoms with Crippen molar-refractivity contribution in [2.24, 2.45) is 0 Å². The second-order valence-corrected chi connectivity index (χ2v) is 7.49. The molecule has 2 amide bonds. The molecule has 2 aromatic carbocycles. The summed E-state index contributed by atoms with van der Waals surface area (Å²) in [5.74, 6) is -0.459. The maximum Gasteiger partial charge on any atom is 0.244 e. The molecule has 0 atom stereocenters. The third kappa shape index (κ3) is 6.90. The molecule has 6 nitrogen and oxygen atoms in total. The maximum atomic E-state index is 12.6. The third-order valence-electron chi connectivity index (χ3n) is 4.49. The van der Waals surface area contributed by atoms with Crippen LogP contribution in [0.2, 0.25) is 5.02 Å². The number of carbonyl (C=O) groups excluding carboxylic acids is 2. The predicted molar refractivity (Wildman–Crippen MR) is 114 cm³/mol. The number of nitrogens with one attached hydrogen (secondary N) is 1. The maximum absolute atomic E-state index is 12.6. The van der Waals surface area contributed by atoms with Crippen molar-refractivity contribution in [3.05, 3.63) is 64.7 Å². The van der Waals surface area contributed by atoms with Crippen molar-refractivity contribution in [3.8, 4) is 6.07 Å². The number of nitriles is 1. The Balaban J connectivity index is 1.93. The van der Waals surface area contributed by atoms with Crippen LogP contribution in [0.5, 0.6) is 0 Å². The Kier molecular flexibility index (Phi) is 8.20. The van der Waals surface area contributed by atoms with Crippen molar-refractivity contribution in [1.82, 2.24) is 9.80 Å². The molecule has 0 fully saturated rings. The first kappa shape index (κ1) is 22.4. The number of likely N-dealkylation sites (N-methyl/N-ethyl adjacent to an activating group) is 1. The molecule has 0 saturated carbocycles. The van der Waals surface area contributed by atoms with E-state index in [1.807, 2.05) is 30.9 Å². The SMILES string of the molecule is CC(C)N(CC(=O)N(C)CC(=O)Nc1ccccc1Cl)Cc1ccc(C#N)cc1. The van der Waals surface area contributed by atoms with E-state index in [0.29, 0.717) is 22.8 Å². The molecule has 0 aromatic heterocycles. The standard InChI is InChI=1S/C22H25ClN4O2/c1-16(2)27(13-18-10-8-17(12-24)9-11-18)15-22(29)26(3)14-21(28)25-20-7-5-4-6-19(20)23/h4-11,16H,13-15H2,1-3H3,(H,25,28). The number of hydrogen-bond acceptors (Lipinski definition) is 4. The number of amides is 2. The summed E-state index contributed by atoms with van der Waals surface area (Å²) in [5, 5.41) is 12.1. The van der Waals surface area contributed by atoms with E-state index in [1.165, 1.54) is 4.90 Å². The van der Waals surface area contributed by atoms with Crippen LogP contribution in [0.3, 0.4) is 0 Å². The van der Waals surface area contributed by atoms with Crippen molar-refractivity contribution in [3.63, 3.8) is 0 Å². The lowest BCUT2D eigenvalue weighted by molar-refractivity contribution is -0.134. The fourth-order valence-electron chi connectivity index (χ4n) is 2.69. The molecule has 152 valence electrons. The number of para-hydroxylation sites is 1. The van der Waals surface area contributed by atoms with Crippen LogP contribution in [0, 0.1) is 11.3 Å². The Morgan fingerprint density at radius 2 is 1.76 bits per heavy atom. The monoisotopic (exact) mass is 412 g/mol. The van der Waals surface area contributed by atoms with Gasteiger partial charge in [0.05, 0.1) is 35.4 Å². The van der Waals surface area contributed by atoms with Crippen LogP contribution in [-0.4, -0.2) is 47.8 Å². The average molecular weight is 413 g/mol. The van der Waals surface area contributed by atoms with E-state index in [9.17, 15) is 9.59 Å². The lowest BCUT2D eigenvalue weighted by Gasteiger charge is -2.28. The van der Waals surface area contributed by atoms with Crippen molar-refractivity contribution in [2.75, 3.05) is 25.5 Å². The molecule has 0 heterocycles. The van der Waals surface area contributed by atoms with Gasteiger partial charge in [0.15, 0.2) is 0 Å². The number of hydrogen-bond donors (Lipinski definition) is 1. The Morgan fingerprint density at radius 3 is 2.34 bits per heavy atom. The van der Waals surface area contributed by atoms with Gasteiger partial charge in [-0.1, -0.05) is 35.9 Å². The van der Waals surface area contributed by atoms with Gasteiger partial charge in [0.2, 0.25) is 11.8 Å². The summed E-state index contributed by atoms with van der Waals surface area (Å²) < 4.78 is 0. The van der Waals surface area contributed by atoms with E-state index < -0.39 is 0 Å². The van der Waals surface area contributed by atoms with Gasteiger partial charge in [0.25, 0.3) is 0 Å². The number of halogens is 1. The molecule has 7 heteroatoms. The minimum atomic E-state index is -0.308. The van der Waals surface area contributed by atoms with Crippen LogP contribution < -0.4 is 5.32 Å². The zero-order valence-corrected chi connectivity index (χ0v) is 17.6. The summed E-state index contributed by atoms with van der Waals surface area (Å²) in [4.78, 5) is 28.3. The van der Waals surface area contributed by atoms with Crippen molar-refractivity contribution >= 4 is 29.1 Å². The molecule has 0 spiro atoms. The van der Waals surface area contributed by atoms with Gasteiger partial charge in [-0.25, -0.2) is 0 Å². The Morgan fingerprint density at radius 1 is 1.10 bits per heavy atom. The van der Waals surface area contributed by atoms with Gasteiger partial charge in [-0.05, 0) is 43.7 Å². The summed E-state index contributed by atoms with van der Waals surface area (Å²) >= 11 is 6.05. The van der Waals surface area contributed by atoms with E-state index in [-0.39, 0.29) is 30.9 Å². The highest BCUT2D eigenvalue weighted by Crippen LogP contribution is 2.20. The van der Waals surface area contributed by atoms with Crippen LogP contribution in [-0.2, 0) is 16.1 Å². The third-order valence-corrected chi connectivity index (χ3v) is 4.82. The number of benzene rings is 2. The van der Waals surface area contributed by atoms with Crippen LogP contribution in [0.1, 0.15) is 25.0 Å². The summed E-state index contributed by atoms with van der Waals surface area (Å²) in [6, 6.07) is 16.5. The molecular formula is C22H25ClN4O2. The highest BCUT2D eigenvalue weighted by molar-refractivity contribution is 6.33. The summed E-state index contributed by atoms with van der Waals surface area (Å²) in [6.45, 7) is 4.73. The quantitative estimate of drug-likeness (QED) is 0.719. The summed E-state index contributed by atoms with van der Waals surface area (Å²) in [6.07, 6.45) is 0. The summed E-state index contributed by atoms with van der Waals surface area (Å²) in [7, 11) is 1.61. The highest BCUT2D eigenvalue weighted by Gasteiger charge is 2.19. The molecule has 29 heavy (non-hydrogen) atoms. The van der Waals surface area contributed by atoms with Gasteiger partial charge in [-0.3, -0.25) is 14.5 Å². The van der Waals surface area contributed by atoms with Gasteiger partial charge in [-0.15, -0.1) is 0 Å². The van der Waals surface area contributed by atoms with Crippen molar-refractivity contribution in [1.29, 1.82) is 5.26 Å². The first-order valence-electron chi connectivity index (χ1n) is 9.31. The first-order valence-corrected chi connectivity index (χ1v) is 9.69. The lowest BCUT2D eigenvalue weighted by Crippen LogP contribution is -2.43. The van der Waals surface area contributed by atoms with Gasteiger partial charge < -0.3 is 10.2 Å². The molecule has 0 unspecified atom stereocenters. The van der Waals surface area contributed by atoms with Crippen molar-refractivity contribution < 1.29 is 9.59 Å². The van der Waals surface area contributed by atoms with Crippen LogP contribution in [0.4, 0.5) is 5.69 Å². The average Bonchev–Trinajstić information content (AvgIpc) is 2.69. The van der Waals surface area contributed by atoms with Gasteiger partial charge in [-0.2, -0.15) is 5.26 Å². The van der Waals surface area contributed by atoms with E-state index in [4.69, 9.17) is 16.9 Å². The molecule has 0 radical (unpaired) electrons. The van der Waals surface area contributed by atoms with E-state index >= 15 is 0 Å². The Hall–Kier alpha value is -2.88. The molecule has 2 aromatic rings. The molecular weight excluding hydrogens is 388 g/mol. The summed E-state index contributed by atoms with van der Waals surface area (Å²) in [5.41, 5.74) is 2.14. The van der Waals surface area contributed by atoms with Gasteiger partial charge >= 0.3 is 0 Å². The fourth-order valence-corrected chi connectivity index (χ4v) is 2.87. The minimum Gasteiger partial charge on any atom is -0.335 e. The molecule has 0 aliphatic heterocycles. The van der Waals surface area contributed by atoms with E-state index in [1.54, 1.807) is 43.4 Å². The van der Waals surface area contributed by atoms with Gasteiger partial charge in [0, 0.05) is 19.6 Å². The Labute approximate surface area is 176 Å². The zero-order valence-electron chi connectivity index (χ0n) is 16.9. The number of nitrogens with zero attached hydrogens (tertiary/aromatic N) is 3. The second-order valence-electron chi connectivity index (χ2n) is 7.09. The first-order chi connectivity index (χ1) is 13.8.